The van der Waals surface area contributed by atoms with Crippen LogP contribution in [0, 0.1) is 0 Å². The van der Waals surface area contributed by atoms with Crippen LogP contribution in [0.2, 0.25) is 0 Å². The van der Waals surface area contributed by atoms with Gasteiger partial charge in [0.1, 0.15) is 6.33 Å². The number of carbonyl (C=O) groups is 1. The third-order valence-electron chi connectivity index (χ3n) is 3.10. The molecule has 1 heterocycles. The van der Waals surface area contributed by atoms with Crippen molar-refractivity contribution in [1.82, 2.24) is 24.0 Å². The predicted octanol–water partition coefficient (Wildman–Crippen LogP) is 1.01. The molecule has 0 aliphatic rings. The molecule has 0 saturated heterocycles. The summed E-state index contributed by atoms with van der Waals surface area (Å²) >= 11 is 0. The number of amides is 1. The fourth-order valence-electron chi connectivity index (χ4n) is 1.91. The molecule has 0 fully saturated rings. The van der Waals surface area contributed by atoms with E-state index in [-0.39, 0.29) is 11.2 Å². The highest BCUT2D eigenvalue weighted by atomic mass is 32.2. The van der Waals surface area contributed by atoms with Crippen LogP contribution in [0.15, 0.2) is 11.5 Å². The number of nitrogens with zero attached hydrogens (tertiary/aromatic N) is 5. The maximum absolute atomic E-state index is 12.4. The highest BCUT2D eigenvalue weighted by Gasteiger charge is 2.28. The minimum atomic E-state index is -3.75. The van der Waals surface area contributed by atoms with E-state index in [1.807, 2.05) is 20.8 Å². The molecule has 0 N–H and O–H groups in total. The summed E-state index contributed by atoms with van der Waals surface area (Å²) in [4.78, 5) is 17.4. The van der Waals surface area contributed by atoms with E-state index >= 15 is 0 Å². The van der Waals surface area contributed by atoms with Crippen molar-refractivity contribution in [3.8, 4) is 0 Å². The minimum Gasteiger partial charge on any atom is -0.323 e. The Labute approximate surface area is 125 Å². The molecule has 0 atom stereocenters. The first-order valence-corrected chi connectivity index (χ1v) is 8.57. The zero-order valence-electron chi connectivity index (χ0n) is 13.0. The Morgan fingerprint density at radius 2 is 1.81 bits per heavy atom. The van der Waals surface area contributed by atoms with Gasteiger partial charge in [-0.25, -0.2) is 18.2 Å². The summed E-state index contributed by atoms with van der Waals surface area (Å²) < 4.78 is 27.0. The topological polar surface area (TPSA) is 88.4 Å². The summed E-state index contributed by atoms with van der Waals surface area (Å²) in [7, 11) is -3.75. The van der Waals surface area contributed by atoms with E-state index in [4.69, 9.17) is 0 Å². The smallest absolute Gasteiger partial charge is 0.323 e. The van der Waals surface area contributed by atoms with Gasteiger partial charge >= 0.3 is 6.03 Å². The van der Waals surface area contributed by atoms with E-state index in [9.17, 15) is 13.2 Å². The van der Waals surface area contributed by atoms with Gasteiger partial charge in [-0.3, -0.25) is 0 Å². The lowest BCUT2D eigenvalue weighted by molar-refractivity contribution is 0.201. The molecule has 0 bridgehead atoms. The Hall–Kier alpha value is -1.48. The van der Waals surface area contributed by atoms with Gasteiger partial charge in [-0.05, 0) is 20.3 Å². The maximum Gasteiger partial charge on any atom is 0.346 e. The van der Waals surface area contributed by atoms with Gasteiger partial charge in [-0.15, -0.1) is 5.10 Å². The largest absolute Gasteiger partial charge is 0.346 e. The Kier molecular flexibility index (Phi) is 6.28. The van der Waals surface area contributed by atoms with Crippen LogP contribution in [0.1, 0.15) is 34.1 Å². The summed E-state index contributed by atoms with van der Waals surface area (Å²) in [6.07, 6.45) is 1.85. The zero-order chi connectivity index (χ0) is 16.0. The van der Waals surface area contributed by atoms with E-state index in [0.717, 1.165) is 11.0 Å². The van der Waals surface area contributed by atoms with Crippen molar-refractivity contribution < 1.29 is 13.2 Å². The van der Waals surface area contributed by atoms with E-state index in [0.29, 0.717) is 32.6 Å². The highest BCUT2D eigenvalue weighted by molar-refractivity contribution is 7.88. The first kappa shape index (κ1) is 17.6. The van der Waals surface area contributed by atoms with Crippen LogP contribution in [0.25, 0.3) is 0 Å². The zero-order valence-corrected chi connectivity index (χ0v) is 13.8. The molecule has 0 aliphatic carbocycles. The normalized spacial score (nSPS) is 11.9. The van der Waals surface area contributed by atoms with Gasteiger partial charge in [0.25, 0.3) is 15.2 Å². The van der Waals surface area contributed by atoms with Crippen molar-refractivity contribution in [3.63, 3.8) is 0 Å². The van der Waals surface area contributed by atoms with Crippen LogP contribution >= 0.6 is 0 Å². The molecule has 1 rings (SSSR count). The van der Waals surface area contributed by atoms with Crippen LogP contribution in [-0.2, 0) is 10.0 Å². The summed E-state index contributed by atoms with van der Waals surface area (Å²) in [6, 6.07) is -0.382. The summed E-state index contributed by atoms with van der Waals surface area (Å²) in [5, 5.41) is 3.50. The molecule has 0 spiro atoms. The van der Waals surface area contributed by atoms with Crippen molar-refractivity contribution in [3.05, 3.63) is 6.33 Å². The van der Waals surface area contributed by atoms with Crippen molar-refractivity contribution in [2.45, 2.75) is 39.3 Å². The Morgan fingerprint density at radius 1 is 1.19 bits per heavy atom. The summed E-state index contributed by atoms with van der Waals surface area (Å²) in [5.41, 5.74) is 0. The van der Waals surface area contributed by atoms with Gasteiger partial charge in [0, 0.05) is 26.2 Å². The molecule has 0 saturated carbocycles. The number of sulfonamides is 1. The van der Waals surface area contributed by atoms with Crippen LogP contribution in [0.5, 0.6) is 0 Å². The quantitative estimate of drug-likeness (QED) is 0.749. The lowest BCUT2D eigenvalue weighted by atomic mass is 10.5. The summed E-state index contributed by atoms with van der Waals surface area (Å²) in [6.45, 7) is 9.12. The Morgan fingerprint density at radius 3 is 2.29 bits per heavy atom. The lowest BCUT2D eigenvalue weighted by Gasteiger charge is -2.18. The third-order valence-corrected chi connectivity index (χ3v) is 4.87. The van der Waals surface area contributed by atoms with Gasteiger partial charge in [-0.1, -0.05) is 13.8 Å². The Balaban J connectivity index is 3.05. The van der Waals surface area contributed by atoms with Gasteiger partial charge in [0.15, 0.2) is 0 Å². The molecular formula is C12H23N5O3S. The van der Waals surface area contributed by atoms with E-state index in [1.165, 1.54) is 9.21 Å². The molecule has 0 aromatic carbocycles. The fourth-order valence-corrected chi connectivity index (χ4v) is 3.28. The number of rotatable bonds is 7. The van der Waals surface area contributed by atoms with Crippen LogP contribution < -0.4 is 0 Å². The third kappa shape index (κ3) is 3.79. The van der Waals surface area contributed by atoms with Crippen molar-refractivity contribution in [2.75, 3.05) is 26.2 Å². The second-order valence-electron chi connectivity index (χ2n) is 4.42. The monoisotopic (exact) mass is 317 g/mol. The molecule has 8 nitrogen and oxygen atoms in total. The Bertz CT molecular complexity index is 565. The standard InChI is InChI=1S/C12H23N5O3S/c1-5-9-16(8-4)21(19,20)11-13-10-17(14-11)12(18)15(6-2)7-3/h10H,5-9H2,1-4H3. The first-order chi connectivity index (χ1) is 9.92. The molecule has 1 aromatic heterocycles. The van der Waals surface area contributed by atoms with Crippen LogP contribution in [-0.4, -0.2) is 64.6 Å². The molecule has 120 valence electrons. The number of hydrogen-bond acceptors (Lipinski definition) is 5. The second kappa shape index (κ2) is 7.51. The average molecular weight is 317 g/mol. The number of hydrogen-bond donors (Lipinski definition) is 0. The van der Waals surface area contributed by atoms with E-state index in [2.05, 4.69) is 10.1 Å². The molecule has 0 aliphatic heterocycles. The van der Waals surface area contributed by atoms with Crippen LogP contribution in [0.4, 0.5) is 4.79 Å². The SMILES string of the molecule is CCCN(CC)S(=O)(=O)c1ncn(C(=O)N(CC)CC)n1. The fraction of sp³-hybridized carbons (Fsp3) is 0.750. The summed E-state index contributed by atoms with van der Waals surface area (Å²) in [5.74, 6) is 0. The first-order valence-electron chi connectivity index (χ1n) is 7.13. The minimum absolute atomic E-state index is 0.335. The molecule has 1 aromatic rings. The predicted molar refractivity (Wildman–Crippen MR) is 78.5 cm³/mol. The van der Waals surface area contributed by atoms with E-state index < -0.39 is 10.0 Å². The number of carbonyl (C=O) groups excluding carboxylic acids is 1. The van der Waals surface area contributed by atoms with Crippen molar-refractivity contribution in [2.24, 2.45) is 0 Å². The molecule has 9 heteroatoms. The molecule has 0 radical (unpaired) electrons. The van der Waals surface area contributed by atoms with E-state index in [1.54, 1.807) is 6.92 Å². The molecule has 1 amide bonds. The van der Waals surface area contributed by atoms with Gasteiger partial charge in [0.2, 0.25) is 0 Å². The van der Waals surface area contributed by atoms with Crippen molar-refractivity contribution in [1.29, 1.82) is 0 Å². The maximum atomic E-state index is 12.4. The lowest BCUT2D eigenvalue weighted by Crippen LogP contribution is -2.35. The van der Waals surface area contributed by atoms with Crippen LogP contribution in [0.3, 0.4) is 0 Å². The van der Waals surface area contributed by atoms with Gasteiger partial charge in [0.05, 0.1) is 0 Å². The second-order valence-corrected chi connectivity index (χ2v) is 6.25. The molecule has 21 heavy (non-hydrogen) atoms. The van der Waals surface area contributed by atoms with Crippen molar-refractivity contribution >= 4 is 16.1 Å². The molecular weight excluding hydrogens is 294 g/mol. The van der Waals surface area contributed by atoms with Gasteiger partial charge in [-0.2, -0.15) is 8.99 Å². The number of aromatic nitrogens is 3. The van der Waals surface area contributed by atoms with Gasteiger partial charge < -0.3 is 4.90 Å². The molecule has 0 unspecified atom stereocenters. The average Bonchev–Trinajstić information content (AvgIpc) is 2.96. The highest BCUT2D eigenvalue weighted by Crippen LogP contribution is 2.11.